The molecule has 0 spiro atoms. The number of hydrogen-bond donors (Lipinski definition) is 2. The van der Waals surface area contributed by atoms with Crippen molar-refractivity contribution in [2.75, 3.05) is 13.2 Å². The molecule has 0 saturated heterocycles. The zero-order valence-electron chi connectivity index (χ0n) is 6.57. The van der Waals surface area contributed by atoms with Crippen molar-refractivity contribution in [3.05, 3.63) is 18.2 Å². The van der Waals surface area contributed by atoms with Gasteiger partial charge in [-0.25, -0.2) is 4.98 Å². The Hall–Kier alpha value is -0.870. The molecule has 0 radical (unpaired) electrons. The van der Waals surface area contributed by atoms with Gasteiger partial charge in [0, 0.05) is 26.0 Å². The highest BCUT2D eigenvalue weighted by Gasteiger charge is 2.11. The molecule has 1 aromatic rings. The predicted octanol–water partition coefficient (Wildman–Crippen LogP) is -0.545. The Kier molecular flexibility index (Phi) is 2.62. The lowest BCUT2D eigenvalue weighted by atomic mass is 10.1. The summed E-state index contributed by atoms with van der Waals surface area (Å²) in [6.07, 6.45) is 3.54. The van der Waals surface area contributed by atoms with Crippen LogP contribution in [0.25, 0.3) is 0 Å². The third-order valence-electron chi connectivity index (χ3n) is 1.73. The maximum Gasteiger partial charge on any atom is 0.115 e. The van der Waals surface area contributed by atoms with E-state index in [9.17, 15) is 0 Å². The van der Waals surface area contributed by atoms with Crippen LogP contribution in [-0.4, -0.2) is 27.8 Å². The third kappa shape index (κ3) is 1.58. The minimum atomic E-state index is -0.0324. The molecular formula is C7H13N3O. The number of hydrogen-bond acceptors (Lipinski definition) is 3. The van der Waals surface area contributed by atoms with Crippen LogP contribution in [0.15, 0.2) is 12.4 Å². The first-order valence-corrected chi connectivity index (χ1v) is 3.57. The highest BCUT2D eigenvalue weighted by molar-refractivity contribution is 5.00. The first-order chi connectivity index (χ1) is 5.29. The van der Waals surface area contributed by atoms with Crippen molar-refractivity contribution in [2.45, 2.75) is 5.92 Å². The first-order valence-electron chi connectivity index (χ1n) is 3.57. The fourth-order valence-electron chi connectivity index (χ4n) is 1.03. The summed E-state index contributed by atoms with van der Waals surface area (Å²) >= 11 is 0. The average Bonchev–Trinajstić information content (AvgIpc) is 2.40. The molecule has 11 heavy (non-hydrogen) atoms. The van der Waals surface area contributed by atoms with Gasteiger partial charge in [0.15, 0.2) is 0 Å². The fraction of sp³-hybridized carbons (Fsp3) is 0.571. The zero-order chi connectivity index (χ0) is 8.27. The van der Waals surface area contributed by atoms with Crippen molar-refractivity contribution < 1.29 is 5.11 Å². The maximum atomic E-state index is 8.89. The van der Waals surface area contributed by atoms with E-state index in [-0.39, 0.29) is 12.5 Å². The molecule has 0 fully saturated rings. The van der Waals surface area contributed by atoms with Crippen molar-refractivity contribution >= 4 is 0 Å². The highest BCUT2D eigenvalue weighted by Crippen LogP contribution is 2.09. The van der Waals surface area contributed by atoms with Gasteiger partial charge in [-0.1, -0.05) is 0 Å². The van der Waals surface area contributed by atoms with E-state index in [4.69, 9.17) is 10.8 Å². The number of aliphatic hydroxyl groups excluding tert-OH is 1. The summed E-state index contributed by atoms with van der Waals surface area (Å²) in [5, 5.41) is 8.89. The molecule has 0 aliphatic carbocycles. The second kappa shape index (κ2) is 3.50. The van der Waals surface area contributed by atoms with E-state index in [1.807, 2.05) is 17.8 Å². The molecule has 0 bridgehead atoms. The number of nitrogens with two attached hydrogens (primary N) is 1. The van der Waals surface area contributed by atoms with E-state index in [1.54, 1.807) is 6.20 Å². The largest absolute Gasteiger partial charge is 0.396 e. The van der Waals surface area contributed by atoms with Crippen molar-refractivity contribution in [1.29, 1.82) is 0 Å². The molecule has 4 nitrogen and oxygen atoms in total. The zero-order valence-corrected chi connectivity index (χ0v) is 6.57. The average molecular weight is 155 g/mol. The molecule has 0 aliphatic rings. The second-order valence-corrected chi connectivity index (χ2v) is 2.51. The fourth-order valence-corrected chi connectivity index (χ4v) is 1.03. The van der Waals surface area contributed by atoms with E-state index in [0.717, 1.165) is 5.82 Å². The summed E-state index contributed by atoms with van der Waals surface area (Å²) in [6.45, 7) is 0.489. The van der Waals surface area contributed by atoms with Crippen LogP contribution in [0.1, 0.15) is 11.7 Å². The van der Waals surface area contributed by atoms with Gasteiger partial charge in [0.25, 0.3) is 0 Å². The van der Waals surface area contributed by atoms with Gasteiger partial charge < -0.3 is 15.4 Å². The summed E-state index contributed by atoms with van der Waals surface area (Å²) in [7, 11) is 1.89. The SMILES string of the molecule is Cn1ccnc1C(CN)CO. The lowest BCUT2D eigenvalue weighted by molar-refractivity contribution is 0.261. The number of rotatable bonds is 3. The lowest BCUT2D eigenvalue weighted by Crippen LogP contribution is -2.19. The minimum absolute atomic E-state index is 0.0324. The first kappa shape index (κ1) is 8.23. The predicted molar refractivity (Wildman–Crippen MR) is 42.1 cm³/mol. The van der Waals surface area contributed by atoms with Crippen LogP contribution < -0.4 is 5.73 Å². The van der Waals surface area contributed by atoms with E-state index in [1.165, 1.54) is 0 Å². The molecular weight excluding hydrogens is 142 g/mol. The Bertz CT molecular complexity index is 217. The Morgan fingerprint density at radius 1 is 1.82 bits per heavy atom. The summed E-state index contributed by atoms with van der Waals surface area (Å²) < 4.78 is 1.87. The number of aliphatic hydroxyl groups is 1. The standard InChI is InChI=1S/C7H13N3O/c1-10-3-2-9-7(10)6(4-8)5-11/h2-3,6,11H,4-5,8H2,1H3. The molecule has 1 unspecified atom stereocenters. The number of imidazole rings is 1. The van der Waals surface area contributed by atoms with Crippen LogP contribution in [0.2, 0.25) is 0 Å². The van der Waals surface area contributed by atoms with Gasteiger partial charge in [0.1, 0.15) is 5.82 Å². The van der Waals surface area contributed by atoms with Gasteiger partial charge in [0.05, 0.1) is 12.5 Å². The molecule has 1 rings (SSSR count). The minimum Gasteiger partial charge on any atom is -0.396 e. The molecule has 0 aliphatic heterocycles. The van der Waals surface area contributed by atoms with Crippen LogP contribution >= 0.6 is 0 Å². The van der Waals surface area contributed by atoms with Crippen molar-refractivity contribution in [2.24, 2.45) is 12.8 Å². The molecule has 1 atom stereocenters. The Morgan fingerprint density at radius 3 is 2.91 bits per heavy atom. The van der Waals surface area contributed by atoms with E-state index < -0.39 is 0 Å². The van der Waals surface area contributed by atoms with Gasteiger partial charge >= 0.3 is 0 Å². The smallest absolute Gasteiger partial charge is 0.115 e. The molecule has 3 N–H and O–H groups in total. The molecule has 62 valence electrons. The summed E-state index contributed by atoms with van der Waals surface area (Å²) in [5.74, 6) is 0.810. The van der Waals surface area contributed by atoms with Crippen LogP contribution in [0, 0.1) is 0 Å². The molecule has 0 aromatic carbocycles. The van der Waals surface area contributed by atoms with Crippen LogP contribution in [0.3, 0.4) is 0 Å². The molecule has 0 amide bonds. The Morgan fingerprint density at radius 2 is 2.55 bits per heavy atom. The third-order valence-corrected chi connectivity index (χ3v) is 1.73. The van der Waals surface area contributed by atoms with Crippen molar-refractivity contribution in [3.63, 3.8) is 0 Å². The van der Waals surface area contributed by atoms with Gasteiger partial charge in [-0.15, -0.1) is 0 Å². The quantitative estimate of drug-likeness (QED) is 0.616. The van der Waals surface area contributed by atoms with Crippen molar-refractivity contribution in [1.82, 2.24) is 9.55 Å². The van der Waals surface area contributed by atoms with Crippen LogP contribution in [0.5, 0.6) is 0 Å². The van der Waals surface area contributed by atoms with Gasteiger partial charge in [-0.3, -0.25) is 0 Å². The monoisotopic (exact) mass is 155 g/mol. The molecule has 1 aromatic heterocycles. The summed E-state index contributed by atoms with van der Waals surface area (Å²) in [5.41, 5.74) is 5.43. The van der Waals surface area contributed by atoms with E-state index >= 15 is 0 Å². The Balaban J connectivity index is 2.81. The van der Waals surface area contributed by atoms with Crippen molar-refractivity contribution in [3.8, 4) is 0 Å². The number of nitrogens with zero attached hydrogens (tertiary/aromatic N) is 2. The summed E-state index contributed by atoms with van der Waals surface area (Å²) in [4.78, 5) is 4.08. The van der Waals surface area contributed by atoms with Gasteiger partial charge in [0.2, 0.25) is 0 Å². The van der Waals surface area contributed by atoms with Gasteiger partial charge in [-0.05, 0) is 0 Å². The summed E-state index contributed by atoms with van der Waals surface area (Å²) in [6, 6.07) is 0. The lowest BCUT2D eigenvalue weighted by Gasteiger charge is -2.10. The number of aromatic nitrogens is 2. The molecule has 0 saturated carbocycles. The molecule has 4 heteroatoms. The topological polar surface area (TPSA) is 64.1 Å². The van der Waals surface area contributed by atoms with Crippen LogP contribution in [0.4, 0.5) is 0 Å². The van der Waals surface area contributed by atoms with Gasteiger partial charge in [-0.2, -0.15) is 0 Å². The van der Waals surface area contributed by atoms with Crippen LogP contribution in [-0.2, 0) is 7.05 Å². The highest BCUT2D eigenvalue weighted by atomic mass is 16.3. The Labute approximate surface area is 65.7 Å². The number of aryl methyl sites for hydroxylation is 1. The molecule has 1 heterocycles. The normalized spacial score (nSPS) is 13.4. The maximum absolute atomic E-state index is 8.89. The second-order valence-electron chi connectivity index (χ2n) is 2.51. The van der Waals surface area contributed by atoms with E-state index in [0.29, 0.717) is 6.54 Å². The van der Waals surface area contributed by atoms with E-state index in [2.05, 4.69) is 4.98 Å².